The molecule has 0 aliphatic rings. The van der Waals surface area contributed by atoms with Gasteiger partial charge in [-0.15, -0.1) is 0 Å². The van der Waals surface area contributed by atoms with Crippen molar-refractivity contribution in [1.29, 1.82) is 0 Å². The molecule has 21 heavy (non-hydrogen) atoms. The van der Waals surface area contributed by atoms with Crippen LogP contribution in [0.15, 0.2) is 0 Å². The molecule has 3 N–H and O–H groups in total. The highest BCUT2D eigenvalue weighted by Gasteiger charge is 2.21. The molecule has 6 nitrogen and oxygen atoms in total. The molecule has 0 atom stereocenters. The molecule has 1 aromatic rings. The number of nitrogens with two attached hydrogens (primary N) is 1. The van der Waals surface area contributed by atoms with Crippen molar-refractivity contribution in [2.75, 3.05) is 44.8 Å². The molecule has 0 saturated carbocycles. The topological polar surface area (TPSA) is 74.5 Å². The fourth-order valence-corrected chi connectivity index (χ4v) is 2.92. The molecule has 1 aromatic heterocycles. The number of hydrogen-bond acceptors (Lipinski definition) is 6. The van der Waals surface area contributed by atoms with Crippen molar-refractivity contribution in [2.24, 2.45) is 0 Å². The zero-order valence-corrected chi connectivity index (χ0v) is 14.5. The van der Waals surface area contributed by atoms with E-state index in [-0.39, 0.29) is 11.9 Å². The third-order valence-electron chi connectivity index (χ3n) is 2.96. The lowest BCUT2D eigenvalue weighted by Crippen LogP contribution is -2.33. The second kappa shape index (κ2) is 8.19. The van der Waals surface area contributed by atoms with Crippen LogP contribution in [0.25, 0.3) is 0 Å². The summed E-state index contributed by atoms with van der Waals surface area (Å²) in [6.07, 6.45) is 0.947. The lowest BCUT2D eigenvalue weighted by molar-refractivity contribution is 0.0765. The predicted octanol–water partition coefficient (Wildman–Crippen LogP) is 1.96. The molecule has 7 heteroatoms. The maximum Gasteiger partial charge on any atom is 0.267 e. The summed E-state index contributed by atoms with van der Waals surface area (Å²) in [5.74, 6) is 0.294. The van der Waals surface area contributed by atoms with E-state index >= 15 is 0 Å². The number of amides is 1. The summed E-state index contributed by atoms with van der Waals surface area (Å²) < 4.78 is 0. The van der Waals surface area contributed by atoms with Crippen LogP contribution in [0.2, 0.25) is 0 Å². The van der Waals surface area contributed by atoms with Gasteiger partial charge < -0.3 is 20.9 Å². The number of hydrogen-bond donors (Lipinski definition) is 2. The SMILES string of the molecule is CCN(CCCN(C)C)C(=O)c1sc(NC(C)C)nc1N. The minimum atomic E-state index is -0.0249. The summed E-state index contributed by atoms with van der Waals surface area (Å²) >= 11 is 1.33. The van der Waals surface area contributed by atoms with E-state index in [2.05, 4.69) is 15.2 Å². The number of carbonyl (C=O) groups is 1. The van der Waals surface area contributed by atoms with Gasteiger partial charge in [0.1, 0.15) is 10.7 Å². The van der Waals surface area contributed by atoms with Crippen LogP contribution in [0.5, 0.6) is 0 Å². The molecule has 0 fully saturated rings. The van der Waals surface area contributed by atoms with Gasteiger partial charge in [0.2, 0.25) is 0 Å². The van der Waals surface area contributed by atoms with Crippen molar-refractivity contribution >= 4 is 28.2 Å². The van der Waals surface area contributed by atoms with E-state index in [1.54, 1.807) is 0 Å². The molecule has 0 saturated heterocycles. The highest BCUT2D eigenvalue weighted by molar-refractivity contribution is 7.18. The van der Waals surface area contributed by atoms with E-state index in [0.29, 0.717) is 22.4 Å². The lowest BCUT2D eigenvalue weighted by Gasteiger charge is -2.21. The third kappa shape index (κ3) is 5.51. The Morgan fingerprint density at radius 3 is 2.57 bits per heavy atom. The first kappa shape index (κ1) is 17.7. The summed E-state index contributed by atoms with van der Waals surface area (Å²) in [6, 6.07) is 0.265. The lowest BCUT2D eigenvalue weighted by atomic mass is 10.3. The van der Waals surface area contributed by atoms with Gasteiger partial charge in [-0.3, -0.25) is 4.79 Å². The summed E-state index contributed by atoms with van der Waals surface area (Å²) in [7, 11) is 4.06. The Hall–Kier alpha value is -1.34. The van der Waals surface area contributed by atoms with Crippen molar-refractivity contribution in [2.45, 2.75) is 33.2 Å². The smallest absolute Gasteiger partial charge is 0.267 e. The number of nitrogens with zero attached hydrogens (tertiary/aromatic N) is 3. The molecule has 0 bridgehead atoms. The molecule has 0 radical (unpaired) electrons. The van der Waals surface area contributed by atoms with Gasteiger partial charge in [-0.25, -0.2) is 4.98 Å². The zero-order valence-electron chi connectivity index (χ0n) is 13.6. The number of aromatic nitrogens is 1. The van der Waals surface area contributed by atoms with Crippen LogP contribution in [0.1, 0.15) is 36.9 Å². The Morgan fingerprint density at radius 1 is 1.38 bits per heavy atom. The molecule has 1 amide bonds. The number of anilines is 2. The van der Waals surface area contributed by atoms with Crippen molar-refractivity contribution in [3.8, 4) is 0 Å². The molecular weight excluding hydrogens is 286 g/mol. The average Bonchev–Trinajstić information content (AvgIpc) is 2.73. The molecular formula is C14H27N5OS. The summed E-state index contributed by atoms with van der Waals surface area (Å²) in [5, 5.41) is 3.89. The summed E-state index contributed by atoms with van der Waals surface area (Å²) in [4.78, 5) is 21.2. The van der Waals surface area contributed by atoms with Gasteiger partial charge in [0.05, 0.1) is 0 Å². The Labute approximate surface area is 131 Å². The molecule has 0 aromatic carbocycles. The molecule has 1 heterocycles. The van der Waals surface area contributed by atoms with Gasteiger partial charge in [0, 0.05) is 19.1 Å². The van der Waals surface area contributed by atoms with E-state index < -0.39 is 0 Å². The number of nitrogens with one attached hydrogen (secondary N) is 1. The fraction of sp³-hybridized carbons (Fsp3) is 0.714. The number of rotatable bonds is 8. The van der Waals surface area contributed by atoms with Gasteiger partial charge >= 0.3 is 0 Å². The van der Waals surface area contributed by atoms with Crippen LogP contribution < -0.4 is 11.1 Å². The normalized spacial score (nSPS) is 11.2. The highest BCUT2D eigenvalue weighted by Crippen LogP contribution is 2.26. The van der Waals surface area contributed by atoms with Gasteiger partial charge in [-0.05, 0) is 47.8 Å². The van der Waals surface area contributed by atoms with Gasteiger partial charge in [-0.1, -0.05) is 11.3 Å². The Kier molecular flexibility index (Phi) is 6.91. The first-order valence-corrected chi connectivity index (χ1v) is 8.13. The number of thiazole rings is 1. The standard InChI is InChI=1S/C14H27N5OS/c1-6-19(9-7-8-18(4)5)13(20)11-12(15)17-14(21-11)16-10(2)3/h10H,6-9,15H2,1-5H3,(H,16,17). The van der Waals surface area contributed by atoms with Crippen molar-refractivity contribution in [3.05, 3.63) is 4.88 Å². The van der Waals surface area contributed by atoms with Crippen molar-refractivity contribution in [3.63, 3.8) is 0 Å². The van der Waals surface area contributed by atoms with Crippen molar-refractivity contribution in [1.82, 2.24) is 14.8 Å². The minimum Gasteiger partial charge on any atom is -0.382 e. The maximum atomic E-state index is 12.5. The van der Waals surface area contributed by atoms with Gasteiger partial charge in [0.25, 0.3) is 5.91 Å². The average molecular weight is 313 g/mol. The molecule has 120 valence electrons. The van der Waals surface area contributed by atoms with E-state index in [0.717, 1.165) is 19.5 Å². The van der Waals surface area contributed by atoms with E-state index in [1.165, 1.54) is 11.3 Å². The molecule has 0 aliphatic heterocycles. The van der Waals surface area contributed by atoms with Crippen LogP contribution >= 0.6 is 11.3 Å². The zero-order chi connectivity index (χ0) is 16.0. The van der Waals surface area contributed by atoms with Crippen LogP contribution in [0.4, 0.5) is 10.9 Å². The number of carbonyl (C=O) groups excluding carboxylic acids is 1. The van der Waals surface area contributed by atoms with Crippen LogP contribution in [-0.2, 0) is 0 Å². The van der Waals surface area contributed by atoms with Gasteiger partial charge in [0.15, 0.2) is 5.13 Å². The Balaban J connectivity index is 2.73. The van der Waals surface area contributed by atoms with Gasteiger partial charge in [-0.2, -0.15) is 0 Å². The summed E-state index contributed by atoms with van der Waals surface area (Å²) in [5.41, 5.74) is 5.89. The van der Waals surface area contributed by atoms with E-state index in [1.807, 2.05) is 39.8 Å². The van der Waals surface area contributed by atoms with E-state index in [4.69, 9.17) is 5.73 Å². The Morgan fingerprint density at radius 2 is 2.05 bits per heavy atom. The maximum absolute atomic E-state index is 12.5. The molecule has 1 rings (SSSR count). The van der Waals surface area contributed by atoms with Crippen LogP contribution in [0, 0.1) is 0 Å². The second-order valence-corrected chi connectivity index (χ2v) is 6.57. The molecule has 0 spiro atoms. The fourth-order valence-electron chi connectivity index (χ4n) is 1.92. The van der Waals surface area contributed by atoms with Crippen LogP contribution in [-0.4, -0.2) is 60.5 Å². The molecule has 0 aliphatic carbocycles. The van der Waals surface area contributed by atoms with E-state index in [9.17, 15) is 4.79 Å². The quantitative estimate of drug-likeness (QED) is 0.767. The first-order chi connectivity index (χ1) is 9.85. The van der Waals surface area contributed by atoms with Crippen LogP contribution in [0.3, 0.4) is 0 Å². The van der Waals surface area contributed by atoms with Crippen molar-refractivity contribution < 1.29 is 4.79 Å². The summed E-state index contributed by atoms with van der Waals surface area (Å²) in [6.45, 7) is 8.41. The minimum absolute atomic E-state index is 0.0249. The largest absolute Gasteiger partial charge is 0.382 e. The number of nitrogen functional groups attached to an aromatic ring is 1. The highest BCUT2D eigenvalue weighted by atomic mass is 32.1. The predicted molar refractivity (Wildman–Crippen MR) is 90.0 cm³/mol. The Bertz CT molecular complexity index is 458. The molecule has 0 unspecified atom stereocenters. The monoisotopic (exact) mass is 313 g/mol. The second-order valence-electron chi connectivity index (χ2n) is 5.57. The first-order valence-electron chi connectivity index (χ1n) is 7.32. The third-order valence-corrected chi connectivity index (χ3v) is 3.95.